The molecule has 8 heteroatoms. The average Bonchev–Trinajstić information content (AvgIpc) is 3.20. The van der Waals surface area contributed by atoms with E-state index in [4.69, 9.17) is 5.11 Å². The van der Waals surface area contributed by atoms with Crippen LogP contribution >= 0.6 is 11.3 Å². The maximum absolute atomic E-state index is 12.3. The topological polar surface area (TPSA) is 83.3 Å². The molecule has 23 heavy (non-hydrogen) atoms. The molecular weight excluding hydrogens is 314 g/mol. The SMILES string of the molecule is O=C(Nc1ccsc1)N1CCC[C@@H](Cn2cc(CCO)nn2)C1. The van der Waals surface area contributed by atoms with Crippen LogP contribution in [0.15, 0.2) is 23.0 Å². The first-order chi connectivity index (χ1) is 11.2. The largest absolute Gasteiger partial charge is 0.396 e. The summed E-state index contributed by atoms with van der Waals surface area (Å²) in [7, 11) is 0. The molecule has 0 unspecified atom stereocenters. The molecule has 124 valence electrons. The van der Waals surface area contributed by atoms with Gasteiger partial charge in [0.25, 0.3) is 0 Å². The third-order valence-electron chi connectivity index (χ3n) is 3.98. The summed E-state index contributed by atoms with van der Waals surface area (Å²) in [4.78, 5) is 14.2. The minimum absolute atomic E-state index is 0.0346. The normalized spacial score (nSPS) is 18.1. The monoisotopic (exact) mass is 335 g/mol. The van der Waals surface area contributed by atoms with Crippen LogP contribution < -0.4 is 5.32 Å². The van der Waals surface area contributed by atoms with Gasteiger partial charge in [-0.05, 0) is 30.2 Å². The number of piperidine rings is 1. The smallest absolute Gasteiger partial charge is 0.321 e. The summed E-state index contributed by atoms with van der Waals surface area (Å²) in [6.07, 6.45) is 4.48. The van der Waals surface area contributed by atoms with Crippen molar-refractivity contribution in [1.82, 2.24) is 19.9 Å². The number of urea groups is 1. The molecule has 1 aliphatic heterocycles. The minimum Gasteiger partial charge on any atom is -0.396 e. The molecule has 1 saturated heterocycles. The van der Waals surface area contributed by atoms with Gasteiger partial charge in [-0.3, -0.25) is 4.68 Å². The number of amides is 2. The van der Waals surface area contributed by atoms with Crippen LogP contribution in [0.2, 0.25) is 0 Å². The van der Waals surface area contributed by atoms with Gasteiger partial charge in [0, 0.05) is 44.2 Å². The number of thiophene rings is 1. The molecule has 0 saturated carbocycles. The number of aliphatic hydroxyl groups excluding tert-OH is 1. The first-order valence-corrected chi connectivity index (χ1v) is 8.77. The number of nitrogens with one attached hydrogen (secondary N) is 1. The van der Waals surface area contributed by atoms with Crippen molar-refractivity contribution in [2.75, 3.05) is 25.0 Å². The fourth-order valence-corrected chi connectivity index (χ4v) is 3.45. The van der Waals surface area contributed by atoms with Crippen molar-refractivity contribution in [2.24, 2.45) is 5.92 Å². The standard InChI is InChI=1S/C15H21N5O2S/c21-6-3-13-10-20(18-17-13)9-12-2-1-5-19(8-12)15(22)16-14-4-7-23-11-14/h4,7,10-12,21H,1-3,5-6,8-9H2,(H,16,22)/t12-/m1/s1. The molecule has 2 amide bonds. The van der Waals surface area contributed by atoms with Gasteiger partial charge in [0.05, 0.1) is 11.4 Å². The van der Waals surface area contributed by atoms with Crippen LogP contribution in [0.25, 0.3) is 0 Å². The number of rotatable bonds is 5. The second-order valence-corrected chi connectivity index (χ2v) is 6.58. The van der Waals surface area contributed by atoms with E-state index < -0.39 is 0 Å². The molecule has 0 radical (unpaired) electrons. The van der Waals surface area contributed by atoms with Crippen molar-refractivity contribution in [2.45, 2.75) is 25.8 Å². The highest BCUT2D eigenvalue weighted by Gasteiger charge is 2.24. The Bertz CT molecular complexity index is 628. The van der Waals surface area contributed by atoms with E-state index in [0.29, 0.717) is 12.3 Å². The number of carbonyl (C=O) groups excluding carboxylic acids is 1. The number of likely N-dealkylation sites (tertiary alicyclic amines) is 1. The molecule has 2 aromatic heterocycles. The quantitative estimate of drug-likeness (QED) is 0.873. The zero-order chi connectivity index (χ0) is 16.1. The Morgan fingerprint density at radius 2 is 2.43 bits per heavy atom. The second-order valence-electron chi connectivity index (χ2n) is 5.80. The maximum Gasteiger partial charge on any atom is 0.321 e. The third-order valence-corrected chi connectivity index (χ3v) is 4.66. The second kappa shape index (κ2) is 7.56. The molecule has 2 N–H and O–H groups in total. The number of carbonyl (C=O) groups is 1. The van der Waals surface area contributed by atoms with Crippen LogP contribution in [0.4, 0.5) is 10.5 Å². The van der Waals surface area contributed by atoms with Gasteiger partial charge in [-0.25, -0.2) is 4.79 Å². The van der Waals surface area contributed by atoms with Crippen molar-refractivity contribution >= 4 is 23.1 Å². The Labute approximate surface area is 138 Å². The number of aliphatic hydroxyl groups is 1. The highest BCUT2D eigenvalue weighted by Crippen LogP contribution is 2.20. The maximum atomic E-state index is 12.3. The zero-order valence-corrected chi connectivity index (χ0v) is 13.7. The fraction of sp³-hybridized carbons (Fsp3) is 0.533. The van der Waals surface area contributed by atoms with Crippen LogP contribution in [-0.2, 0) is 13.0 Å². The summed E-state index contributed by atoms with van der Waals surface area (Å²) in [5, 5.41) is 23.9. The Balaban J connectivity index is 1.53. The van der Waals surface area contributed by atoms with Gasteiger partial charge in [0.15, 0.2) is 0 Å². The Kier molecular flexibility index (Phi) is 5.24. The molecule has 1 aliphatic rings. The molecule has 0 spiro atoms. The van der Waals surface area contributed by atoms with Gasteiger partial charge in [-0.2, -0.15) is 11.3 Å². The highest BCUT2D eigenvalue weighted by molar-refractivity contribution is 7.08. The van der Waals surface area contributed by atoms with Crippen molar-refractivity contribution in [3.05, 3.63) is 28.7 Å². The van der Waals surface area contributed by atoms with Crippen LogP contribution in [0.5, 0.6) is 0 Å². The Hall–Kier alpha value is -1.93. The summed E-state index contributed by atoms with van der Waals surface area (Å²) in [6.45, 7) is 2.35. The van der Waals surface area contributed by atoms with Crippen LogP contribution in [-0.4, -0.2) is 50.7 Å². The van der Waals surface area contributed by atoms with Gasteiger partial charge in [0.1, 0.15) is 0 Å². The van der Waals surface area contributed by atoms with Gasteiger partial charge in [0.2, 0.25) is 0 Å². The first-order valence-electron chi connectivity index (χ1n) is 7.82. The highest BCUT2D eigenvalue weighted by atomic mass is 32.1. The van der Waals surface area contributed by atoms with Gasteiger partial charge >= 0.3 is 6.03 Å². The molecule has 7 nitrogen and oxygen atoms in total. The van der Waals surface area contributed by atoms with E-state index in [-0.39, 0.29) is 12.6 Å². The average molecular weight is 335 g/mol. The predicted octanol–water partition coefficient (Wildman–Crippen LogP) is 1.82. The number of aromatic nitrogens is 3. The van der Waals surface area contributed by atoms with E-state index in [1.54, 1.807) is 11.3 Å². The van der Waals surface area contributed by atoms with Crippen molar-refractivity contribution in [1.29, 1.82) is 0 Å². The van der Waals surface area contributed by atoms with Crippen LogP contribution in [0.3, 0.4) is 0 Å². The Morgan fingerprint density at radius 3 is 3.22 bits per heavy atom. The van der Waals surface area contributed by atoms with E-state index in [2.05, 4.69) is 15.6 Å². The molecule has 1 atom stereocenters. The van der Waals surface area contributed by atoms with Gasteiger partial charge in [-0.1, -0.05) is 5.21 Å². The molecule has 1 fully saturated rings. The number of anilines is 1. The minimum atomic E-state index is -0.0346. The van der Waals surface area contributed by atoms with E-state index in [1.165, 1.54) is 0 Å². The summed E-state index contributed by atoms with van der Waals surface area (Å²) >= 11 is 1.57. The van der Waals surface area contributed by atoms with Crippen LogP contribution in [0, 0.1) is 5.92 Å². The lowest BCUT2D eigenvalue weighted by molar-refractivity contribution is 0.168. The van der Waals surface area contributed by atoms with E-state index in [0.717, 1.165) is 43.9 Å². The molecule has 0 bridgehead atoms. The summed E-state index contributed by atoms with van der Waals surface area (Å²) < 4.78 is 1.82. The molecule has 2 aromatic rings. The van der Waals surface area contributed by atoms with Gasteiger partial charge < -0.3 is 15.3 Å². The van der Waals surface area contributed by atoms with Crippen molar-refractivity contribution in [3.63, 3.8) is 0 Å². The van der Waals surface area contributed by atoms with Crippen molar-refractivity contribution in [3.8, 4) is 0 Å². The summed E-state index contributed by atoms with van der Waals surface area (Å²) in [5.41, 5.74) is 1.66. The lowest BCUT2D eigenvalue weighted by atomic mass is 9.98. The first kappa shape index (κ1) is 15.9. The zero-order valence-electron chi connectivity index (χ0n) is 12.9. The lowest BCUT2D eigenvalue weighted by Crippen LogP contribution is -2.43. The predicted molar refractivity (Wildman–Crippen MR) is 88.4 cm³/mol. The number of hydrogen-bond donors (Lipinski definition) is 2. The van der Waals surface area contributed by atoms with E-state index >= 15 is 0 Å². The number of hydrogen-bond acceptors (Lipinski definition) is 5. The molecule has 3 heterocycles. The Morgan fingerprint density at radius 1 is 1.52 bits per heavy atom. The summed E-state index contributed by atoms with van der Waals surface area (Å²) in [6, 6.07) is 1.87. The van der Waals surface area contributed by atoms with E-state index in [9.17, 15) is 4.79 Å². The summed E-state index contributed by atoms with van der Waals surface area (Å²) in [5.74, 6) is 0.376. The van der Waals surface area contributed by atoms with Crippen molar-refractivity contribution < 1.29 is 9.90 Å². The molecule has 0 aliphatic carbocycles. The van der Waals surface area contributed by atoms with Gasteiger partial charge in [-0.15, -0.1) is 5.10 Å². The van der Waals surface area contributed by atoms with E-state index in [1.807, 2.05) is 32.6 Å². The molecular formula is C15H21N5O2S. The number of nitrogens with zero attached hydrogens (tertiary/aromatic N) is 4. The van der Waals surface area contributed by atoms with Crippen LogP contribution in [0.1, 0.15) is 18.5 Å². The third kappa shape index (κ3) is 4.29. The fourth-order valence-electron chi connectivity index (χ4n) is 2.86. The molecule has 3 rings (SSSR count). The lowest BCUT2D eigenvalue weighted by Gasteiger charge is -2.32. The molecule has 0 aromatic carbocycles.